The lowest BCUT2D eigenvalue weighted by molar-refractivity contribution is 0.402. The lowest BCUT2D eigenvalue weighted by Crippen LogP contribution is -2.09. The van der Waals surface area contributed by atoms with E-state index in [9.17, 15) is 0 Å². The first-order valence-electron chi connectivity index (χ1n) is 5.85. The molecule has 0 bridgehead atoms. The van der Waals surface area contributed by atoms with Gasteiger partial charge < -0.3 is 0 Å². The molecule has 0 N–H and O–H groups in total. The monoisotopic (exact) mass is 188 g/mol. The zero-order valence-electron chi connectivity index (χ0n) is 9.34. The molecule has 0 aromatic heterocycles. The zero-order chi connectivity index (χ0) is 9.97. The van der Waals surface area contributed by atoms with Crippen LogP contribution in [0.5, 0.6) is 0 Å². The van der Waals surface area contributed by atoms with E-state index >= 15 is 0 Å². The first-order chi connectivity index (χ1) is 6.79. The minimum atomic E-state index is 0.866. The highest BCUT2D eigenvalue weighted by atomic mass is 14.2. The number of hydrogen-bond donors (Lipinski definition) is 0. The van der Waals surface area contributed by atoms with Crippen molar-refractivity contribution in [2.75, 3.05) is 0 Å². The maximum Gasteiger partial charge on any atom is -0.0197 e. The van der Waals surface area contributed by atoms with Crippen LogP contribution in [0, 0.1) is 5.92 Å². The van der Waals surface area contributed by atoms with Gasteiger partial charge in [0.2, 0.25) is 0 Å². The molecule has 0 amide bonds. The Morgan fingerprint density at radius 3 is 2.50 bits per heavy atom. The summed E-state index contributed by atoms with van der Waals surface area (Å²) in [4.78, 5) is 0. The third-order valence-corrected chi connectivity index (χ3v) is 3.68. The van der Waals surface area contributed by atoms with Gasteiger partial charge in [0.05, 0.1) is 0 Å². The van der Waals surface area contributed by atoms with Crippen LogP contribution in [-0.4, -0.2) is 0 Å². The van der Waals surface area contributed by atoms with E-state index in [1.165, 1.54) is 43.3 Å². The molecule has 0 saturated heterocycles. The van der Waals surface area contributed by atoms with Crippen LogP contribution in [0.1, 0.15) is 46.0 Å². The van der Waals surface area contributed by atoms with E-state index in [4.69, 9.17) is 0 Å². The first-order valence-corrected chi connectivity index (χ1v) is 5.85. The zero-order valence-corrected chi connectivity index (χ0v) is 9.34. The molecule has 0 aliphatic heterocycles. The van der Waals surface area contributed by atoms with Crippen molar-refractivity contribution in [1.29, 1.82) is 0 Å². The Balaban J connectivity index is 2.16. The van der Waals surface area contributed by atoms with Crippen LogP contribution < -0.4 is 0 Å². The van der Waals surface area contributed by atoms with Gasteiger partial charge in [-0.25, -0.2) is 0 Å². The highest BCUT2D eigenvalue weighted by Gasteiger charge is 2.18. The Morgan fingerprint density at radius 2 is 1.93 bits per heavy atom. The maximum atomic E-state index is 2.33. The van der Waals surface area contributed by atoms with Gasteiger partial charge in [-0.3, -0.25) is 0 Å². The Morgan fingerprint density at radius 1 is 1.21 bits per heavy atom. The molecule has 0 heterocycles. The van der Waals surface area contributed by atoms with Crippen molar-refractivity contribution in [3.63, 3.8) is 0 Å². The van der Waals surface area contributed by atoms with Gasteiger partial charge in [0.1, 0.15) is 0 Å². The van der Waals surface area contributed by atoms with E-state index in [2.05, 4.69) is 32.1 Å². The van der Waals surface area contributed by atoms with Gasteiger partial charge in [-0.2, -0.15) is 0 Å². The van der Waals surface area contributed by atoms with Crippen LogP contribution >= 0.6 is 0 Å². The average molecular weight is 188 g/mol. The summed E-state index contributed by atoms with van der Waals surface area (Å²) in [5.41, 5.74) is 4.59. The molecule has 14 heavy (non-hydrogen) atoms. The molecule has 2 aliphatic carbocycles. The molecule has 1 saturated carbocycles. The quantitative estimate of drug-likeness (QED) is 0.572. The second-order valence-electron chi connectivity index (χ2n) is 4.64. The van der Waals surface area contributed by atoms with Crippen LogP contribution in [0.25, 0.3) is 0 Å². The minimum absolute atomic E-state index is 0.866. The van der Waals surface area contributed by atoms with E-state index in [1.807, 2.05) is 0 Å². The Labute approximate surface area is 87.4 Å². The van der Waals surface area contributed by atoms with Gasteiger partial charge in [0.25, 0.3) is 0 Å². The van der Waals surface area contributed by atoms with Crippen molar-refractivity contribution in [3.05, 3.63) is 34.9 Å². The number of rotatable bonds is 1. The number of allylic oxidation sites excluding steroid dienone is 6. The summed E-state index contributed by atoms with van der Waals surface area (Å²) in [5, 5.41) is 0. The molecule has 2 rings (SSSR count). The summed E-state index contributed by atoms with van der Waals surface area (Å²) < 4.78 is 0. The van der Waals surface area contributed by atoms with E-state index in [0.717, 1.165) is 5.92 Å². The van der Waals surface area contributed by atoms with Gasteiger partial charge >= 0.3 is 0 Å². The number of hydrogen-bond acceptors (Lipinski definition) is 0. The minimum Gasteiger partial charge on any atom is -0.0627 e. The van der Waals surface area contributed by atoms with E-state index in [0.29, 0.717) is 0 Å². The van der Waals surface area contributed by atoms with Gasteiger partial charge in [0, 0.05) is 0 Å². The predicted octanol–water partition coefficient (Wildman–Crippen LogP) is 4.40. The molecule has 2 aliphatic rings. The van der Waals surface area contributed by atoms with Gasteiger partial charge in [0.15, 0.2) is 0 Å². The third kappa shape index (κ3) is 1.84. The van der Waals surface area contributed by atoms with Crippen molar-refractivity contribution in [1.82, 2.24) is 0 Å². The third-order valence-electron chi connectivity index (χ3n) is 3.68. The molecule has 0 atom stereocenters. The van der Waals surface area contributed by atoms with Crippen molar-refractivity contribution in [2.24, 2.45) is 5.92 Å². The van der Waals surface area contributed by atoms with E-state index < -0.39 is 0 Å². The van der Waals surface area contributed by atoms with E-state index in [-0.39, 0.29) is 0 Å². The largest absolute Gasteiger partial charge is 0.0627 e. The van der Waals surface area contributed by atoms with Gasteiger partial charge in [-0.05, 0) is 43.8 Å². The van der Waals surface area contributed by atoms with Crippen molar-refractivity contribution in [2.45, 2.75) is 46.0 Å². The highest BCUT2D eigenvalue weighted by Crippen LogP contribution is 2.34. The molecule has 0 nitrogen and oxygen atoms in total. The maximum absolute atomic E-state index is 2.33. The van der Waals surface area contributed by atoms with Crippen LogP contribution in [0.3, 0.4) is 0 Å². The van der Waals surface area contributed by atoms with Crippen molar-refractivity contribution < 1.29 is 0 Å². The summed E-state index contributed by atoms with van der Waals surface area (Å²) in [7, 11) is 0. The standard InChI is InChI=1S/C14H20/c1-11-7-6-10-14(11)12(2)13-8-4-3-5-9-13/h6-7,10,13H,3-5,8-9H2,1-2H3. The molecule has 0 aromatic rings. The fourth-order valence-corrected chi connectivity index (χ4v) is 2.71. The Hall–Kier alpha value is -0.780. The molecule has 0 radical (unpaired) electrons. The fourth-order valence-electron chi connectivity index (χ4n) is 2.71. The molecule has 0 heteroatoms. The smallest absolute Gasteiger partial charge is 0.0197 e. The molecule has 0 spiro atoms. The first kappa shape index (κ1) is 9.76. The summed E-state index contributed by atoms with van der Waals surface area (Å²) >= 11 is 0. The molecular weight excluding hydrogens is 168 g/mol. The van der Waals surface area contributed by atoms with Crippen LogP contribution in [0.2, 0.25) is 0 Å². The average Bonchev–Trinajstić information content (AvgIpc) is 2.65. The fraction of sp³-hybridized carbons (Fsp3) is 0.571. The molecule has 0 aromatic carbocycles. The SMILES string of the molecule is CC1=CC=CC1=C(C)C1CCCCC1. The van der Waals surface area contributed by atoms with Gasteiger partial charge in [-0.1, -0.05) is 43.1 Å². The Bertz CT molecular complexity index is 296. The van der Waals surface area contributed by atoms with Gasteiger partial charge in [-0.15, -0.1) is 0 Å². The van der Waals surface area contributed by atoms with Crippen LogP contribution in [-0.2, 0) is 0 Å². The second-order valence-corrected chi connectivity index (χ2v) is 4.64. The molecule has 1 fully saturated rings. The van der Waals surface area contributed by atoms with Crippen molar-refractivity contribution >= 4 is 0 Å². The second kappa shape index (κ2) is 4.16. The van der Waals surface area contributed by atoms with Crippen molar-refractivity contribution in [3.8, 4) is 0 Å². The normalized spacial score (nSPS) is 26.6. The Kier molecular flexibility index (Phi) is 2.90. The summed E-state index contributed by atoms with van der Waals surface area (Å²) in [6, 6.07) is 0. The summed E-state index contributed by atoms with van der Waals surface area (Å²) in [6.07, 6.45) is 13.8. The van der Waals surface area contributed by atoms with E-state index in [1.54, 1.807) is 5.57 Å². The molecule has 76 valence electrons. The topological polar surface area (TPSA) is 0 Å². The summed E-state index contributed by atoms with van der Waals surface area (Å²) in [6.45, 7) is 4.56. The van der Waals surface area contributed by atoms with Crippen LogP contribution in [0.4, 0.5) is 0 Å². The summed E-state index contributed by atoms with van der Waals surface area (Å²) in [5.74, 6) is 0.866. The van der Waals surface area contributed by atoms with Crippen LogP contribution in [0.15, 0.2) is 34.9 Å². The highest BCUT2D eigenvalue weighted by molar-refractivity contribution is 5.50. The predicted molar refractivity (Wildman–Crippen MR) is 62.2 cm³/mol. The lowest BCUT2D eigenvalue weighted by atomic mass is 9.82. The molecule has 0 unspecified atom stereocenters. The molecular formula is C14H20. The lowest BCUT2D eigenvalue weighted by Gasteiger charge is -2.24.